The number of nitrogens with one attached hydrogen (secondary N) is 2. The van der Waals surface area contributed by atoms with Crippen molar-refractivity contribution >= 4 is 5.96 Å². The predicted molar refractivity (Wildman–Crippen MR) is 82.8 cm³/mol. The van der Waals surface area contributed by atoms with E-state index in [4.69, 9.17) is 4.74 Å². The molecule has 114 valence electrons. The Morgan fingerprint density at radius 2 is 2.00 bits per heavy atom. The number of ether oxygens (including phenoxy) is 1. The molecule has 0 bridgehead atoms. The summed E-state index contributed by atoms with van der Waals surface area (Å²) in [6.45, 7) is 12.0. The first-order valence-electron chi connectivity index (χ1n) is 7.29. The molecule has 19 heavy (non-hydrogen) atoms. The van der Waals surface area contributed by atoms with E-state index in [-0.39, 0.29) is 0 Å². The number of rotatable bonds is 10. The molecule has 0 saturated heterocycles. The van der Waals surface area contributed by atoms with Gasteiger partial charge in [-0.15, -0.1) is 0 Å². The van der Waals surface area contributed by atoms with Crippen LogP contribution in [0.2, 0.25) is 0 Å². The summed E-state index contributed by atoms with van der Waals surface area (Å²) < 4.78 is 5.05. The summed E-state index contributed by atoms with van der Waals surface area (Å²) in [6.07, 6.45) is 1.08. The highest BCUT2D eigenvalue weighted by atomic mass is 16.5. The second-order valence-corrected chi connectivity index (χ2v) is 5.19. The molecule has 0 radical (unpaired) electrons. The van der Waals surface area contributed by atoms with E-state index >= 15 is 0 Å². The number of methoxy groups -OCH3 is 1. The van der Waals surface area contributed by atoms with Crippen molar-refractivity contribution in [1.82, 2.24) is 15.5 Å². The lowest BCUT2D eigenvalue weighted by Gasteiger charge is -2.18. The van der Waals surface area contributed by atoms with Crippen molar-refractivity contribution < 1.29 is 4.74 Å². The van der Waals surface area contributed by atoms with Crippen LogP contribution >= 0.6 is 0 Å². The summed E-state index contributed by atoms with van der Waals surface area (Å²) in [5, 5.41) is 6.63. The van der Waals surface area contributed by atoms with Crippen LogP contribution in [-0.2, 0) is 4.74 Å². The molecule has 0 aromatic heterocycles. The standard InChI is InChI=1S/C14H32N4O/c1-6-15-14(17-12-13(2)3)16-8-10-18(4)9-7-11-19-5/h13H,6-12H2,1-5H3,(H2,15,16,17). The third-order valence-electron chi connectivity index (χ3n) is 2.63. The molecular formula is C14H32N4O. The summed E-state index contributed by atoms with van der Waals surface area (Å²) in [5.41, 5.74) is 0. The average Bonchev–Trinajstić information content (AvgIpc) is 2.36. The quantitative estimate of drug-likeness (QED) is 0.356. The van der Waals surface area contributed by atoms with Crippen LogP contribution in [0, 0.1) is 5.92 Å². The van der Waals surface area contributed by atoms with E-state index in [1.54, 1.807) is 7.11 Å². The molecule has 0 aliphatic carbocycles. The van der Waals surface area contributed by atoms with Gasteiger partial charge >= 0.3 is 0 Å². The molecule has 0 amide bonds. The minimum atomic E-state index is 0.590. The molecule has 2 N–H and O–H groups in total. The van der Waals surface area contributed by atoms with Crippen molar-refractivity contribution in [2.45, 2.75) is 27.2 Å². The third kappa shape index (κ3) is 12.0. The summed E-state index contributed by atoms with van der Waals surface area (Å²) in [6, 6.07) is 0. The molecule has 0 heterocycles. The van der Waals surface area contributed by atoms with Gasteiger partial charge in [0.2, 0.25) is 0 Å². The molecule has 0 aliphatic rings. The van der Waals surface area contributed by atoms with Gasteiger partial charge in [-0.25, -0.2) is 0 Å². The monoisotopic (exact) mass is 272 g/mol. The zero-order valence-electron chi connectivity index (χ0n) is 13.3. The van der Waals surface area contributed by atoms with Crippen molar-refractivity contribution in [2.75, 3.05) is 53.5 Å². The van der Waals surface area contributed by atoms with Crippen LogP contribution in [0.15, 0.2) is 4.99 Å². The van der Waals surface area contributed by atoms with Crippen LogP contribution in [0.4, 0.5) is 0 Å². The topological polar surface area (TPSA) is 48.9 Å². The first-order valence-corrected chi connectivity index (χ1v) is 7.29. The summed E-state index contributed by atoms with van der Waals surface area (Å²) in [5.74, 6) is 1.51. The second kappa shape index (κ2) is 12.2. The largest absolute Gasteiger partial charge is 0.385 e. The van der Waals surface area contributed by atoms with E-state index in [1.165, 1.54) is 0 Å². The molecule has 0 saturated carbocycles. The van der Waals surface area contributed by atoms with Gasteiger partial charge in [0.05, 0.1) is 0 Å². The van der Waals surface area contributed by atoms with Gasteiger partial charge in [-0.2, -0.15) is 0 Å². The minimum Gasteiger partial charge on any atom is -0.385 e. The van der Waals surface area contributed by atoms with Crippen molar-refractivity contribution in [3.63, 3.8) is 0 Å². The van der Waals surface area contributed by atoms with E-state index in [2.05, 4.69) is 48.3 Å². The van der Waals surface area contributed by atoms with Gasteiger partial charge in [-0.1, -0.05) is 13.8 Å². The van der Waals surface area contributed by atoms with E-state index < -0.39 is 0 Å². The number of nitrogens with zero attached hydrogens (tertiary/aromatic N) is 2. The number of hydrogen-bond donors (Lipinski definition) is 2. The van der Waals surface area contributed by atoms with E-state index in [0.29, 0.717) is 5.92 Å². The Kier molecular flexibility index (Phi) is 11.7. The zero-order chi connectivity index (χ0) is 14.5. The predicted octanol–water partition coefficient (Wildman–Crippen LogP) is 1.17. The molecule has 0 aromatic rings. The highest BCUT2D eigenvalue weighted by Gasteiger charge is 2.00. The summed E-state index contributed by atoms with van der Waals surface area (Å²) in [4.78, 5) is 6.84. The molecule has 0 fully saturated rings. The van der Waals surface area contributed by atoms with Gasteiger partial charge in [-0.3, -0.25) is 4.99 Å². The highest BCUT2D eigenvalue weighted by Crippen LogP contribution is 1.91. The van der Waals surface area contributed by atoms with Gasteiger partial charge in [-0.05, 0) is 26.3 Å². The fraction of sp³-hybridized carbons (Fsp3) is 0.929. The molecule has 5 nitrogen and oxygen atoms in total. The Balaban J connectivity index is 3.82. The average molecular weight is 272 g/mol. The smallest absolute Gasteiger partial charge is 0.191 e. The molecule has 0 atom stereocenters. The third-order valence-corrected chi connectivity index (χ3v) is 2.63. The first kappa shape index (κ1) is 18.2. The normalized spacial score (nSPS) is 12.3. The number of likely N-dealkylation sites (N-methyl/N-ethyl adjacent to an activating group) is 1. The van der Waals surface area contributed by atoms with Gasteiger partial charge in [0.1, 0.15) is 0 Å². The van der Waals surface area contributed by atoms with Gasteiger partial charge in [0.15, 0.2) is 5.96 Å². The first-order chi connectivity index (χ1) is 9.10. The van der Waals surface area contributed by atoms with Crippen molar-refractivity contribution in [1.29, 1.82) is 0 Å². The maximum Gasteiger partial charge on any atom is 0.191 e. The van der Waals surface area contributed by atoms with Crippen molar-refractivity contribution in [3.8, 4) is 0 Å². The maximum absolute atomic E-state index is 5.05. The van der Waals surface area contributed by atoms with Gasteiger partial charge in [0, 0.05) is 46.4 Å². The summed E-state index contributed by atoms with van der Waals surface area (Å²) in [7, 11) is 3.88. The zero-order valence-corrected chi connectivity index (χ0v) is 13.3. The lowest BCUT2D eigenvalue weighted by molar-refractivity contribution is 0.180. The second-order valence-electron chi connectivity index (χ2n) is 5.19. The lowest BCUT2D eigenvalue weighted by atomic mass is 10.2. The van der Waals surface area contributed by atoms with Gasteiger partial charge < -0.3 is 20.3 Å². The number of hydrogen-bond acceptors (Lipinski definition) is 3. The minimum absolute atomic E-state index is 0.590. The maximum atomic E-state index is 5.05. The molecule has 0 spiro atoms. The highest BCUT2D eigenvalue weighted by molar-refractivity contribution is 5.79. The molecular weight excluding hydrogens is 240 g/mol. The van der Waals surface area contributed by atoms with E-state index in [1.807, 2.05) is 0 Å². The van der Waals surface area contributed by atoms with E-state index in [9.17, 15) is 0 Å². The number of aliphatic imine (C=N–C) groups is 1. The van der Waals surface area contributed by atoms with Crippen LogP contribution in [0.25, 0.3) is 0 Å². The van der Waals surface area contributed by atoms with Crippen LogP contribution in [0.3, 0.4) is 0 Å². The van der Waals surface area contributed by atoms with E-state index in [0.717, 1.165) is 51.7 Å². The van der Waals surface area contributed by atoms with Crippen molar-refractivity contribution in [2.24, 2.45) is 10.9 Å². The van der Waals surface area contributed by atoms with Crippen LogP contribution in [-0.4, -0.2) is 64.3 Å². The Bertz CT molecular complexity index is 231. The molecule has 0 aliphatic heterocycles. The molecule has 0 unspecified atom stereocenters. The number of guanidine groups is 1. The molecule has 0 aromatic carbocycles. The molecule has 0 rings (SSSR count). The fourth-order valence-electron chi connectivity index (χ4n) is 1.57. The van der Waals surface area contributed by atoms with Gasteiger partial charge in [0.25, 0.3) is 0 Å². The van der Waals surface area contributed by atoms with Crippen LogP contribution < -0.4 is 10.6 Å². The summed E-state index contributed by atoms with van der Waals surface area (Å²) >= 11 is 0. The Morgan fingerprint density at radius 1 is 1.26 bits per heavy atom. The Labute approximate surface area is 118 Å². The Hall–Kier alpha value is -0.810. The fourth-order valence-corrected chi connectivity index (χ4v) is 1.57. The van der Waals surface area contributed by atoms with Crippen LogP contribution in [0.1, 0.15) is 27.2 Å². The van der Waals surface area contributed by atoms with Crippen molar-refractivity contribution in [3.05, 3.63) is 0 Å². The SMILES string of the molecule is CCNC(=NCC(C)C)NCCN(C)CCCOC. The van der Waals surface area contributed by atoms with Crippen LogP contribution in [0.5, 0.6) is 0 Å². The molecule has 5 heteroatoms. The Morgan fingerprint density at radius 3 is 2.58 bits per heavy atom. The lowest BCUT2D eigenvalue weighted by Crippen LogP contribution is -2.41.